The topological polar surface area (TPSA) is 12.0 Å². The van der Waals surface area contributed by atoms with Crippen molar-refractivity contribution in [3.8, 4) is 0 Å². The first-order valence-corrected chi connectivity index (χ1v) is 9.57. The molecule has 0 spiro atoms. The van der Waals surface area contributed by atoms with Crippen molar-refractivity contribution in [2.24, 2.45) is 17.3 Å². The standard InChI is InChI=1S/C18H30ClNS/c1-5-10-20-16-8-6-14(18(2,3)4)11-13(16)12-15-7-9-17(19)21-15/h7,9,13-14,16,20H,5-6,8,10-12H2,1-4H3. The molecular weight excluding hydrogens is 298 g/mol. The third kappa shape index (κ3) is 4.97. The van der Waals surface area contributed by atoms with Gasteiger partial charge in [0.25, 0.3) is 0 Å². The van der Waals surface area contributed by atoms with Crippen molar-refractivity contribution in [3.05, 3.63) is 21.3 Å². The van der Waals surface area contributed by atoms with Crippen LogP contribution in [0.5, 0.6) is 0 Å². The molecule has 3 unspecified atom stereocenters. The largest absolute Gasteiger partial charge is 0.314 e. The SMILES string of the molecule is CCCNC1CCC(C(C)(C)C)CC1Cc1ccc(Cl)s1. The molecule has 21 heavy (non-hydrogen) atoms. The highest BCUT2D eigenvalue weighted by Crippen LogP contribution is 2.42. The number of hydrogen-bond donors (Lipinski definition) is 1. The molecular formula is C18H30ClNS. The van der Waals surface area contributed by atoms with Crippen LogP contribution in [0.2, 0.25) is 4.34 Å². The van der Waals surface area contributed by atoms with Crippen LogP contribution in [0.15, 0.2) is 12.1 Å². The molecule has 120 valence electrons. The summed E-state index contributed by atoms with van der Waals surface area (Å²) in [4.78, 5) is 1.45. The second-order valence-corrected chi connectivity index (χ2v) is 9.41. The Labute approximate surface area is 139 Å². The molecule has 1 nitrogen and oxygen atoms in total. The van der Waals surface area contributed by atoms with Gasteiger partial charge in [0, 0.05) is 10.9 Å². The second kappa shape index (κ2) is 7.48. The first-order chi connectivity index (χ1) is 9.90. The van der Waals surface area contributed by atoms with Gasteiger partial charge in [0.05, 0.1) is 4.34 Å². The van der Waals surface area contributed by atoms with E-state index in [0.29, 0.717) is 11.5 Å². The van der Waals surface area contributed by atoms with E-state index in [1.807, 2.05) is 6.07 Å². The van der Waals surface area contributed by atoms with Crippen molar-refractivity contribution in [2.75, 3.05) is 6.54 Å². The Morgan fingerprint density at radius 2 is 2.05 bits per heavy atom. The van der Waals surface area contributed by atoms with Crippen molar-refractivity contribution < 1.29 is 0 Å². The molecule has 2 rings (SSSR count). The predicted molar refractivity (Wildman–Crippen MR) is 95.4 cm³/mol. The zero-order valence-electron chi connectivity index (χ0n) is 13.9. The molecule has 1 aromatic heterocycles. The minimum absolute atomic E-state index is 0.432. The summed E-state index contributed by atoms with van der Waals surface area (Å²) in [5.74, 6) is 1.60. The molecule has 1 heterocycles. The molecule has 1 aliphatic carbocycles. The summed E-state index contributed by atoms with van der Waals surface area (Å²) in [6.07, 6.45) is 6.45. The van der Waals surface area contributed by atoms with Crippen LogP contribution >= 0.6 is 22.9 Å². The van der Waals surface area contributed by atoms with Gasteiger partial charge in [-0.2, -0.15) is 0 Å². The minimum atomic E-state index is 0.432. The fourth-order valence-electron chi connectivity index (χ4n) is 3.59. The lowest BCUT2D eigenvalue weighted by Crippen LogP contribution is -2.44. The maximum Gasteiger partial charge on any atom is 0.0931 e. The number of thiophene rings is 1. The Morgan fingerprint density at radius 1 is 1.29 bits per heavy atom. The Hall–Kier alpha value is -0.0500. The summed E-state index contributed by atoms with van der Waals surface area (Å²) in [7, 11) is 0. The molecule has 0 aliphatic heterocycles. The smallest absolute Gasteiger partial charge is 0.0931 e. The molecule has 0 saturated heterocycles. The summed E-state index contributed by atoms with van der Waals surface area (Å²) in [5, 5.41) is 3.79. The Bertz CT molecular complexity index is 435. The predicted octanol–water partition coefficient (Wildman–Crippen LogP) is 5.77. The van der Waals surface area contributed by atoms with Gasteiger partial charge in [0.15, 0.2) is 0 Å². The highest BCUT2D eigenvalue weighted by molar-refractivity contribution is 7.16. The molecule has 1 aromatic rings. The van der Waals surface area contributed by atoms with Crippen LogP contribution in [0, 0.1) is 17.3 Å². The van der Waals surface area contributed by atoms with Gasteiger partial charge >= 0.3 is 0 Å². The van der Waals surface area contributed by atoms with Crippen LogP contribution < -0.4 is 5.32 Å². The van der Waals surface area contributed by atoms with Gasteiger partial charge in [0.1, 0.15) is 0 Å². The van der Waals surface area contributed by atoms with Crippen LogP contribution in [0.25, 0.3) is 0 Å². The van der Waals surface area contributed by atoms with E-state index in [0.717, 1.165) is 22.7 Å². The zero-order chi connectivity index (χ0) is 15.5. The third-order valence-corrected chi connectivity index (χ3v) is 6.21. The quantitative estimate of drug-likeness (QED) is 0.723. The summed E-state index contributed by atoms with van der Waals surface area (Å²) < 4.78 is 0.922. The summed E-state index contributed by atoms with van der Waals surface area (Å²) >= 11 is 7.86. The van der Waals surface area contributed by atoms with Crippen LogP contribution in [0.1, 0.15) is 58.3 Å². The highest BCUT2D eigenvalue weighted by Gasteiger charge is 2.35. The molecule has 3 atom stereocenters. The molecule has 0 radical (unpaired) electrons. The third-order valence-electron chi connectivity index (χ3n) is 4.96. The molecule has 3 heteroatoms. The Kier molecular flexibility index (Phi) is 6.16. The van der Waals surface area contributed by atoms with Gasteiger partial charge in [-0.25, -0.2) is 0 Å². The minimum Gasteiger partial charge on any atom is -0.314 e. The summed E-state index contributed by atoms with van der Waals surface area (Å²) in [6, 6.07) is 4.94. The van der Waals surface area contributed by atoms with Gasteiger partial charge in [-0.1, -0.05) is 39.3 Å². The maximum atomic E-state index is 6.10. The van der Waals surface area contributed by atoms with Gasteiger partial charge in [0.2, 0.25) is 0 Å². The number of halogens is 1. The normalized spacial score (nSPS) is 27.0. The monoisotopic (exact) mass is 327 g/mol. The lowest BCUT2D eigenvalue weighted by Gasteiger charge is -2.42. The average molecular weight is 328 g/mol. The van der Waals surface area contributed by atoms with Crippen LogP contribution in [0.4, 0.5) is 0 Å². The molecule has 0 bridgehead atoms. The maximum absolute atomic E-state index is 6.10. The van der Waals surface area contributed by atoms with Crippen LogP contribution in [0.3, 0.4) is 0 Å². The van der Waals surface area contributed by atoms with E-state index >= 15 is 0 Å². The van der Waals surface area contributed by atoms with Crippen molar-refractivity contribution >= 4 is 22.9 Å². The fraction of sp³-hybridized carbons (Fsp3) is 0.778. The van der Waals surface area contributed by atoms with E-state index in [1.165, 1.54) is 37.0 Å². The van der Waals surface area contributed by atoms with Crippen molar-refractivity contribution in [2.45, 2.75) is 65.8 Å². The van der Waals surface area contributed by atoms with Gasteiger partial charge in [-0.05, 0) is 68.0 Å². The molecule has 1 saturated carbocycles. The first kappa shape index (κ1) is 17.3. The van der Waals surface area contributed by atoms with Crippen LogP contribution in [-0.4, -0.2) is 12.6 Å². The van der Waals surface area contributed by atoms with Gasteiger partial charge in [-0.15, -0.1) is 11.3 Å². The van der Waals surface area contributed by atoms with E-state index in [4.69, 9.17) is 11.6 Å². The van der Waals surface area contributed by atoms with E-state index in [1.54, 1.807) is 11.3 Å². The molecule has 0 amide bonds. The number of nitrogens with one attached hydrogen (secondary N) is 1. The van der Waals surface area contributed by atoms with Crippen molar-refractivity contribution in [1.29, 1.82) is 0 Å². The van der Waals surface area contributed by atoms with E-state index < -0.39 is 0 Å². The fourth-order valence-corrected chi connectivity index (χ4v) is 4.77. The van der Waals surface area contributed by atoms with Gasteiger partial charge < -0.3 is 5.32 Å². The molecule has 1 N–H and O–H groups in total. The molecule has 0 aromatic carbocycles. The summed E-state index contributed by atoms with van der Waals surface area (Å²) in [5.41, 5.74) is 0.432. The van der Waals surface area contributed by atoms with Crippen molar-refractivity contribution in [1.82, 2.24) is 5.32 Å². The molecule has 1 aliphatic rings. The highest BCUT2D eigenvalue weighted by atomic mass is 35.5. The number of hydrogen-bond acceptors (Lipinski definition) is 2. The lowest BCUT2D eigenvalue weighted by molar-refractivity contribution is 0.114. The summed E-state index contributed by atoms with van der Waals surface area (Å²) in [6.45, 7) is 10.6. The van der Waals surface area contributed by atoms with Crippen LogP contribution in [-0.2, 0) is 6.42 Å². The van der Waals surface area contributed by atoms with Gasteiger partial charge in [-0.3, -0.25) is 0 Å². The first-order valence-electron chi connectivity index (χ1n) is 8.37. The number of rotatable bonds is 5. The average Bonchev–Trinajstić information content (AvgIpc) is 2.81. The van der Waals surface area contributed by atoms with E-state index in [2.05, 4.69) is 39.1 Å². The Balaban J connectivity index is 2.05. The molecule has 1 fully saturated rings. The lowest BCUT2D eigenvalue weighted by atomic mass is 9.66. The zero-order valence-corrected chi connectivity index (χ0v) is 15.5. The second-order valence-electron chi connectivity index (χ2n) is 7.61. The van der Waals surface area contributed by atoms with Crippen molar-refractivity contribution in [3.63, 3.8) is 0 Å². The van der Waals surface area contributed by atoms with E-state index in [-0.39, 0.29) is 0 Å². The van der Waals surface area contributed by atoms with E-state index in [9.17, 15) is 0 Å². The Morgan fingerprint density at radius 3 is 2.62 bits per heavy atom.